The second kappa shape index (κ2) is 9.00. The zero-order chi connectivity index (χ0) is 25.7. The first-order chi connectivity index (χ1) is 17.2. The first kappa shape index (κ1) is 24.4. The van der Waals surface area contributed by atoms with Gasteiger partial charge in [0.15, 0.2) is 0 Å². The Hall–Kier alpha value is -3.25. The quantitative estimate of drug-likeness (QED) is 0.630. The number of hydrogen-bond donors (Lipinski definition) is 0. The van der Waals surface area contributed by atoms with Crippen molar-refractivity contribution < 1.29 is 9.53 Å². The van der Waals surface area contributed by atoms with Crippen molar-refractivity contribution in [3.05, 3.63) is 35.8 Å². The predicted octanol–water partition coefficient (Wildman–Crippen LogP) is 3.41. The molecule has 0 N–H and O–H groups in total. The molecule has 4 heterocycles. The molecule has 1 saturated heterocycles. The minimum absolute atomic E-state index is 0.00732. The standard InChI is InChI=1S/C27H35N7O2/c1-18-14-33(25(35)26(3,4)16-36-5)19(2)13-32(18)23-22-24(31-17-30-23)34(15-27(22)8-6-9-27)21-11-20(12-28)7-10-29-21/h7,10-11,17-19H,6,8-9,13-16H2,1-5H3/t18-,19-/m0/s1. The van der Waals surface area contributed by atoms with E-state index >= 15 is 0 Å². The summed E-state index contributed by atoms with van der Waals surface area (Å²) in [4.78, 5) is 34.0. The predicted molar refractivity (Wildman–Crippen MR) is 137 cm³/mol. The zero-order valence-electron chi connectivity index (χ0n) is 21.9. The van der Waals surface area contributed by atoms with Crippen molar-refractivity contribution in [1.29, 1.82) is 5.26 Å². The number of ether oxygens (including phenoxy) is 1. The first-order valence-corrected chi connectivity index (χ1v) is 12.8. The van der Waals surface area contributed by atoms with Crippen LogP contribution in [-0.2, 0) is 14.9 Å². The molecule has 9 heteroatoms. The number of aromatic nitrogens is 3. The highest BCUT2D eigenvalue weighted by Gasteiger charge is 2.52. The van der Waals surface area contributed by atoms with E-state index in [-0.39, 0.29) is 23.4 Å². The molecule has 2 aromatic rings. The van der Waals surface area contributed by atoms with Crippen LogP contribution < -0.4 is 9.80 Å². The summed E-state index contributed by atoms with van der Waals surface area (Å²) in [7, 11) is 1.64. The number of methoxy groups -OCH3 is 1. The third-order valence-electron chi connectivity index (χ3n) is 8.12. The second-order valence-electron chi connectivity index (χ2n) is 11.3. The fourth-order valence-electron chi connectivity index (χ4n) is 6.07. The number of piperazine rings is 1. The molecule has 2 aromatic heterocycles. The highest BCUT2D eigenvalue weighted by molar-refractivity contribution is 5.83. The van der Waals surface area contributed by atoms with Gasteiger partial charge in [0.05, 0.1) is 23.7 Å². The van der Waals surface area contributed by atoms with E-state index in [1.807, 2.05) is 24.8 Å². The molecule has 0 aromatic carbocycles. The van der Waals surface area contributed by atoms with E-state index < -0.39 is 5.41 Å². The number of nitrogens with zero attached hydrogens (tertiary/aromatic N) is 7. The molecule has 1 amide bonds. The van der Waals surface area contributed by atoms with Crippen LogP contribution in [0, 0.1) is 16.7 Å². The fraction of sp³-hybridized carbons (Fsp3) is 0.593. The van der Waals surface area contributed by atoms with Crippen molar-refractivity contribution in [2.45, 2.75) is 64.5 Å². The van der Waals surface area contributed by atoms with E-state index in [0.717, 1.165) is 36.8 Å². The molecule has 1 spiro atoms. The highest BCUT2D eigenvalue weighted by Crippen LogP contribution is 2.56. The number of anilines is 3. The van der Waals surface area contributed by atoms with Crippen LogP contribution in [0.15, 0.2) is 24.7 Å². The summed E-state index contributed by atoms with van der Waals surface area (Å²) in [6, 6.07) is 5.93. The van der Waals surface area contributed by atoms with Gasteiger partial charge in [0.2, 0.25) is 5.91 Å². The van der Waals surface area contributed by atoms with E-state index in [2.05, 4.69) is 34.7 Å². The summed E-state index contributed by atoms with van der Waals surface area (Å²) < 4.78 is 5.32. The number of fused-ring (bicyclic) bond motifs is 2. The fourth-order valence-corrected chi connectivity index (χ4v) is 6.07. The monoisotopic (exact) mass is 489 g/mol. The van der Waals surface area contributed by atoms with Crippen molar-refractivity contribution >= 4 is 23.4 Å². The number of hydrogen-bond acceptors (Lipinski definition) is 8. The van der Waals surface area contributed by atoms with Crippen molar-refractivity contribution in [2.24, 2.45) is 5.41 Å². The Morgan fingerprint density at radius 3 is 2.61 bits per heavy atom. The average molecular weight is 490 g/mol. The Labute approximate surface area is 213 Å². The minimum Gasteiger partial charge on any atom is -0.384 e. The van der Waals surface area contributed by atoms with Crippen LogP contribution in [0.2, 0.25) is 0 Å². The van der Waals surface area contributed by atoms with E-state index in [1.165, 1.54) is 12.0 Å². The molecule has 0 bridgehead atoms. The molecule has 9 nitrogen and oxygen atoms in total. The molecule has 2 fully saturated rings. The van der Waals surface area contributed by atoms with Crippen molar-refractivity contribution in [1.82, 2.24) is 19.9 Å². The molecule has 190 valence electrons. The largest absolute Gasteiger partial charge is 0.384 e. The van der Waals surface area contributed by atoms with Crippen LogP contribution >= 0.6 is 0 Å². The summed E-state index contributed by atoms with van der Waals surface area (Å²) in [5.41, 5.74) is 1.21. The van der Waals surface area contributed by atoms with E-state index in [4.69, 9.17) is 14.7 Å². The number of pyridine rings is 1. The third kappa shape index (κ3) is 3.88. The Morgan fingerprint density at radius 1 is 1.19 bits per heavy atom. The smallest absolute Gasteiger partial charge is 0.230 e. The summed E-state index contributed by atoms with van der Waals surface area (Å²) in [5.74, 6) is 2.74. The van der Waals surface area contributed by atoms with Gasteiger partial charge in [0.25, 0.3) is 0 Å². The van der Waals surface area contributed by atoms with Crippen LogP contribution in [0.5, 0.6) is 0 Å². The van der Waals surface area contributed by atoms with Crippen molar-refractivity contribution in [2.75, 3.05) is 43.2 Å². The van der Waals surface area contributed by atoms with Crippen LogP contribution in [0.3, 0.4) is 0 Å². The summed E-state index contributed by atoms with van der Waals surface area (Å²) in [5, 5.41) is 9.41. The van der Waals surface area contributed by atoms with E-state index in [9.17, 15) is 10.1 Å². The Kier molecular flexibility index (Phi) is 6.11. The highest BCUT2D eigenvalue weighted by atomic mass is 16.5. The summed E-state index contributed by atoms with van der Waals surface area (Å²) in [6.45, 7) is 10.7. The second-order valence-corrected chi connectivity index (χ2v) is 11.3. The van der Waals surface area contributed by atoms with Crippen LogP contribution in [0.4, 0.5) is 17.5 Å². The Bertz CT molecular complexity index is 1200. The zero-order valence-corrected chi connectivity index (χ0v) is 21.9. The van der Waals surface area contributed by atoms with Gasteiger partial charge in [-0.05, 0) is 52.7 Å². The van der Waals surface area contributed by atoms with Gasteiger partial charge in [0, 0.05) is 56.0 Å². The molecule has 0 radical (unpaired) electrons. The minimum atomic E-state index is -0.567. The van der Waals surface area contributed by atoms with E-state index in [1.54, 1.807) is 25.7 Å². The lowest BCUT2D eigenvalue weighted by molar-refractivity contribution is -0.146. The van der Waals surface area contributed by atoms with Gasteiger partial charge in [-0.15, -0.1) is 0 Å². The first-order valence-electron chi connectivity index (χ1n) is 12.8. The van der Waals surface area contributed by atoms with Crippen molar-refractivity contribution in [3.8, 4) is 6.07 Å². The average Bonchev–Trinajstić information content (AvgIpc) is 3.21. The van der Waals surface area contributed by atoms with Gasteiger partial charge < -0.3 is 19.4 Å². The number of nitriles is 1. The topological polar surface area (TPSA) is 98.5 Å². The van der Waals surface area contributed by atoms with Crippen molar-refractivity contribution in [3.63, 3.8) is 0 Å². The SMILES string of the molecule is COCC(C)(C)C(=O)N1C[C@H](C)N(c2ncnc3c2C2(CCC2)CN3c2cc(C#N)ccn2)C[C@@H]1C. The van der Waals surface area contributed by atoms with Gasteiger partial charge in [0.1, 0.15) is 23.8 Å². The number of carbonyl (C=O) groups excluding carboxylic acids is 1. The lowest BCUT2D eigenvalue weighted by Gasteiger charge is -2.48. The van der Waals surface area contributed by atoms with Gasteiger partial charge in [-0.1, -0.05) is 6.42 Å². The van der Waals surface area contributed by atoms with Crippen LogP contribution in [0.1, 0.15) is 58.1 Å². The normalized spacial score (nSPS) is 22.8. The van der Waals surface area contributed by atoms with Gasteiger partial charge in [-0.2, -0.15) is 5.26 Å². The number of rotatable bonds is 5. The number of amides is 1. The maximum atomic E-state index is 13.4. The van der Waals surface area contributed by atoms with Crippen LogP contribution in [0.25, 0.3) is 0 Å². The molecular weight excluding hydrogens is 454 g/mol. The number of carbonyl (C=O) groups is 1. The lowest BCUT2D eigenvalue weighted by atomic mass is 9.66. The molecule has 2 atom stereocenters. The molecule has 2 aliphatic heterocycles. The molecule has 0 unspecified atom stereocenters. The Morgan fingerprint density at radius 2 is 1.94 bits per heavy atom. The maximum Gasteiger partial charge on any atom is 0.230 e. The van der Waals surface area contributed by atoms with E-state index in [0.29, 0.717) is 25.3 Å². The molecule has 5 rings (SSSR count). The molecule has 36 heavy (non-hydrogen) atoms. The van der Waals surface area contributed by atoms with Gasteiger partial charge >= 0.3 is 0 Å². The molecule has 1 saturated carbocycles. The maximum absolute atomic E-state index is 13.4. The van der Waals surface area contributed by atoms with Crippen LogP contribution in [-0.4, -0.2) is 71.2 Å². The molecule has 3 aliphatic rings. The van der Waals surface area contributed by atoms with Gasteiger partial charge in [-0.3, -0.25) is 4.79 Å². The van der Waals surface area contributed by atoms with Gasteiger partial charge in [-0.25, -0.2) is 15.0 Å². The third-order valence-corrected chi connectivity index (χ3v) is 8.12. The summed E-state index contributed by atoms with van der Waals surface area (Å²) in [6.07, 6.45) is 6.68. The molecule has 1 aliphatic carbocycles. The molecular formula is C27H35N7O2. The lowest BCUT2D eigenvalue weighted by Crippen LogP contribution is -2.61. The Balaban J connectivity index is 1.49. The summed E-state index contributed by atoms with van der Waals surface area (Å²) >= 11 is 0.